The summed E-state index contributed by atoms with van der Waals surface area (Å²) in [5.74, 6) is 1.53. The Morgan fingerprint density at radius 3 is 2.81 bits per heavy atom. The van der Waals surface area contributed by atoms with Crippen molar-refractivity contribution in [3.63, 3.8) is 0 Å². The van der Waals surface area contributed by atoms with Crippen molar-refractivity contribution in [1.82, 2.24) is 24.6 Å². The molecule has 8 heteroatoms. The minimum absolute atomic E-state index is 0.143. The third-order valence-electron chi connectivity index (χ3n) is 5.81. The maximum Gasteiger partial charge on any atom is 0.198 e. The monoisotopic (exact) mass is 443 g/mol. The molecule has 0 amide bonds. The Bertz CT molecular complexity index is 966. The van der Waals surface area contributed by atoms with Gasteiger partial charge in [0.25, 0.3) is 0 Å². The minimum Gasteiger partial charge on any atom is -0.453 e. The van der Waals surface area contributed by atoms with E-state index in [1.54, 1.807) is 18.5 Å². The van der Waals surface area contributed by atoms with E-state index in [4.69, 9.17) is 4.42 Å². The first kappa shape index (κ1) is 22.0. The fraction of sp³-hybridized carbons (Fsp3) is 0.478. The van der Waals surface area contributed by atoms with Crippen LogP contribution in [0.2, 0.25) is 0 Å². The molecule has 3 heterocycles. The lowest BCUT2D eigenvalue weighted by Crippen LogP contribution is -2.38. The molecule has 0 N–H and O–H groups in total. The summed E-state index contributed by atoms with van der Waals surface area (Å²) < 4.78 is 21.2. The molecule has 0 aliphatic carbocycles. The molecule has 6 nitrogen and oxygen atoms in total. The second-order valence-corrected chi connectivity index (χ2v) is 9.38. The van der Waals surface area contributed by atoms with E-state index in [0.717, 1.165) is 60.7 Å². The molecule has 1 aliphatic rings. The van der Waals surface area contributed by atoms with Gasteiger partial charge in [-0.05, 0) is 86.9 Å². The van der Waals surface area contributed by atoms with Crippen LogP contribution in [-0.2, 0) is 20.0 Å². The van der Waals surface area contributed by atoms with Gasteiger partial charge >= 0.3 is 0 Å². The zero-order chi connectivity index (χ0) is 21.6. The second kappa shape index (κ2) is 10.4. The number of halogens is 1. The van der Waals surface area contributed by atoms with Gasteiger partial charge < -0.3 is 13.9 Å². The lowest BCUT2D eigenvalue weighted by Gasteiger charge is -2.33. The van der Waals surface area contributed by atoms with Gasteiger partial charge in [0.05, 0.1) is 6.54 Å². The van der Waals surface area contributed by atoms with Crippen LogP contribution in [0, 0.1) is 11.7 Å². The first-order valence-corrected chi connectivity index (χ1v) is 11.6. The molecular formula is C23H30FN5OS. The Kier molecular flexibility index (Phi) is 7.42. The van der Waals surface area contributed by atoms with E-state index in [-0.39, 0.29) is 5.82 Å². The third-order valence-corrected chi connectivity index (χ3v) is 6.78. The van der Waals surface area contributed by atoms with Crippen LogP contribution in [0.15, 0.2) is 57.4 Å². The van der Waals surface area contributed by atoms with Crippen LogP contribution in [0.25, 0.3) is 0 Å². The van der Waals surface area contributed by atoms with Gasteiger partial charge in [-0.2, -0.15) is 0 Å². The molecule has 1 aliphatic heterocycles. The van der Waals surface area contributed by atoms with E-state index in [2.05, 4.69) is 27.0 Å². The Morgan fingerprint density at radius 2 is 2.06 bits per heavy atom. The zero-order valence-electron chi connectivity index (χ0n) is 18.2. The fourth-order valence-corrected chi connectivity index (χ4v) is 4.84. The smallest absolute Gasteiger partial charge is 0.198 e. The summed E-state index contributed by atoms with van der Waals surface area (Å²) in [4.78, 5) is 4.85. The summed E-state index contributed by atoms with van der Waals surface area (Å²) >= 11 is 1.49. The van der Waals surface area contributed by atoms with Gasteiger partial charge in [0.1, 0.15) is 17.9 Å². The summed E-state index contributed by atoms with van der Waals surface area (Å²) in [6.45, 7) is 5.12. The number of aryl methyl sites for hydroxylation is 1. The predicted molar refractivity (Wildman–Crippen MR) is 119 cm³/mol. The van der Waals surface area contributed by atoms with Gasteiger partial charge in [0.15, 0.2) is 10.2 Å². The molecule has 0 radical (unpaired) electrons. The Balaban J connectivity index is 1.17. The highest BCUT2D eigenvalue weighted by molar-refractivity contribution is 7.99. The predicted octanol–water partition coefficient (Wildman–Crippen LogP) is 4.08. The van der Waals surface area contributed by atoms with Crippen molar-refractivity contribution in [2.75, 3.05) is 33.2 Å². The minimum atomic E-state index is -0.143. The first-order valence-electron chi connectivity index (χ1n) is 10.8. The number of piperidine rings is 1. The molecule has 1 fully saturated rings. The highest BCUT2D eigenvalue weighted by Crippen LogP contribution is 2.28. The van der Waals surface area contributed by atoms with Crippen molar-refractivity contribution in [2.24, 2.45) is 13.0 Å². The standard InChI is InChI=1S/C23H30FN5OS/c1-27(16-21-6-7-22(30-21)31-23-26-25-17-28(23)2)15-19-9-12-29(13-10-19)11-8-18-4-3-5-20(24)14-18/h3-7,14,17,19H,8-13,15-16H2,1-2H3. The number of furan rings is 1. The summed E-state index contributed by atoms with van der Waals surface area (Å²) in [5.41, 5.74) is 1.08. The average Bonchev–Trinajstić information content (AvgIpc) is 3.36. The van der Waals surface area contributed by atoms with Gasteiger partial charge in [-0.25, -0.2) is 4.39 Å². The van der Waals surface area contributed by atoms with Crippen LogP contribution in [0.4, 0.5) is 4.39 Å². The van der Waals surface area contributed by atoms with Crippen molar-refractivity contribution in [2.45, 2.75) is 36.1 Å². The van der Waals surface area contributed by atoms with Crippen molar-refractivity contribution in [3.05, 3.63) is 59.9 Å². The Morgan fingerprint density at radius 1 is 1.23 bits per heavy atom. The fourth-order valence-electron chi connectivity index (χ4n) is 4.10. The van der Waals surface area contributed by atoms with Gasteiger partial charge in [0, 0.05) is 20.1 Å². The molecule has 3 aromatic rings. The molecule has 2 aromatic heterocycles. The number of hydrogen-bond acceptors (Lipinski definition) is 6. The number of rotatable bonds is 9. The number of likely N-dealkylation sites (tertiary alicyclic amines) is 1. The third kappa shape index (κ3) is 6.41. The molecule has 0 bridgehead atoms. The highest BCUT2D eigenvalue weighted by Gasteiger charge is 2.21. The first-order chi connectivity index (χ1) is 15.0. The van der Waals surface area contributed by atoms with Gasteiger partial charge in [-0.1, -0.05) is 12.1 Å². The van der Waals surface area contributed by atoms with E-state index < -0.39 is 0 Å². The maximum atomic E-state index is 13.3. The number of hydrogen-bond donors (Lipinski definition) is 0. The largest absolute Gasteiger partial charge is 0.453 e. The van der Waals surface area contributed by atoms with E-state index in [0.29, 0.717) is 5.92 Å². The highest BCUT2D eigenvalue weighted by atomic mass is 32.2. The average molecular weight is 444 g/mol. The Hall–Kier alpha value is -2.16. The van der Waals surface area contributed by atoms with Gasteiger partial charge in [-0.15, -0.1) is 10.2 Å². The molecule has 166 valence electrons. The number of nitrogens with zero attached hydrogens (tertiary/aromatic N) is 5. The molecule has 1 saturated heterocycles. The van der Waals surface area contributed by atoms with Gasteiger partial charge in [0.2, 0.25) is 0 Å². The van der Waals surface area contributed by atoms with Crippen LogP contribution in [0.5, 0.6) is 0 Å². The normalized spacial score (nSPS) is 15.7. The van der Waals surface area contributed by atoms with Crippen LogP contribution < -0.4 is 0 Å². The molecule has 0 atom stereocenters. The van der Waals surface area contributed by atoms with Crippen LogP contribution in [0.3, 0.4) is 0 Å². The lowest BCUT2D eigenvalue weighted by molar-refractivity contribution is 0.149. The molecular weight excluding hydrogens is 413 g/mol. The van der Waals surface area contributed by atoms with E-state index >= 15 is 0 Å². The topological polar surface area (TPSA) is 50.3 Å². The van der Waals surface area contributed by atoms with Gasteiger partial charge in [-0.3, -0.25) is 4.90 Å². The number of benzene rings is 1. The maximum absolute atomic E-state index is 13.3. The van der Waals surface area contributed by atoms with Crippen molar-refractivity contribution in [3.8, 4) is 0 Å². The molecule has 0 unspecified atom stereocenters. The van der Waals surface area contributed by atoms with Crippen LogP contribution in [-0.4, -0.2) is 57.8 Å². The summed E-state index contributed by atoms with van der Waals surface area (Å²) in [5, 5.41) is 9.64. The lowest BCUT2D eigenvalue weighted by atomic mass is 9.96. The van der Waals surface area contributed by atoms with Crippen LogP contribution >= 0.6 is 11.8 Å². The SMILES string of the molecule is CN(Cc1ccc(Sc2nncn2C)o1)CC1CCN(CCc2cccc(F)c2)CC1. The van der Waals surface area contributed by atoms with E-state index in [9.17, 15) is 4.39 Å². The molecule has 1 aromatic carbocycles. The zero-order valence-corrected chi connectivity index (χ0v) is 19.0. The molecule has 0 spiro atoms. The summed E-state index contributed by atoms with van der Waals surface area (Å²) in [7, 11) is 4.08. The van der Waals surface area contributed by atoms with Crippen molar-refractivity contribution >= 4 is 11.8 Å². The molecule has 0 saturated carbocycles. The second-order valence-electron chi connectivity index (χ2n) is 8.41. The quantitative estimate of drug-likeness (QED) is 0.497. The van der Waals surface area contributed by atoms with Crippen LogP contribution in [0.1, 0.15) is 24.2 Å². The van der Waals surface area contributed by atoms with E-state index in [1.165, 1.54) is 30.7 Å². The Labute approximate surface area is 187 Å². The summed E-state index contributed by atoms with van der Waals surface area (Å²) in [6, 6.07) is 11.0. The van der Waals surface area contributed by atoms with E-state index in [1.807, 2.05) is 29.8 Å². The number of aromatic nitrogens is 3. The van der Waals surface area contributed by atoms with Crippen molar-refractivity contribution < 1.29 is 8.81 Å². The molecule has 4 rings (SSSR count). The van der Waals surface area contributed by atoms with Crippen molar-refractivity contribution in [1.29, 1.82) is 0 Å². The summed E-state index contributed by atoms with van der Waals surface area (Å²) in [6.07, 6.45) is 5.01. The molecule has 31 heavy (non-hydrogen) atoms.